The summed E-state index contributed by atoms with van der Waals surface area (Å²) in [7, 11) is 2.22. The fraction of sp³-hybridized carbons (Fsp3) is 0.944. The Morgan fingerprint density at radius 2 is 1.96 bits per heavy atom. The van der Waals surface area contributed by atoms with Crippen LogP contribution in [0.3, 0.4) is 0 Å². The SMILES string of the molecule is CCNC(=NCC(C)(C)N1CCOCC1)NCC1CCCN(C)C1. The van der Waals surface area contributed by atoms with Crippen molar-refractivity contribution in [2.45, 2.75) is 39.2 Å². The van der Waals surface area contributed by atoms with E-state index in [1.807, 2.05) is 0 Å². The van der Waals surface area contributed by atoms with Gasteiger partial charge in [0.05, 0.1) is 19.8 Å². The number of nitrogens with zero attached hydrogens (tertiary/aromatic N) is 3. The molecule has 2 heterocycles. The number of hydrogen-bond donors (Lipinski definition) is 2. The number of hydrogen-bond acceptors (Lipinski definition) is 4. The zero-order valence-corrected chi connectivity index (χ0v) is 16.1. The van der Waals surface area contributed by atoms with Gasteiger partial charge in [-0.1, -0.05) is 0 Å². The molecule has 2 rings (SSSR count). The molecule has 1 atom stereocenters. The van der Waals surface area contributed by atoms with Gasteiger partial charge < -0.3 is 20.3 Å². The lowest BCUT2D eigenvalue weighted by atomic mass is 9.98. The smallest absolute Gasteiger partial charge is 0.191 e. The van der Waals surface area contributed by atoms with E-state index in [0.717, 1.165) is 57.8 Å². The molecular weight excluding hydrogens is 302 g/mol. The van der Waals surface area contributed by atoms with Crippen LogP contribution in [0.2, 0.25) is 0 Å². The largest absolute Gasteiger partial charge is 0.379 e. The van der Waals surface area contributed by atoms with Gasteiger partial charge in [0, 0.05) is 38.3 Å². The molecule has 6 heteroatoms. The Balaban J connectivity index is 1.84. The fourth-order valence-electron chi connectivity index (χ4n) is 3.56. The molecule has 0 bridgehead atoms. The van der Waals surface area contributed by atoms with Crippen LogP contribution in [-0.4, -0.2) is 87.4 Å². The van der Waals surface area contributed by atoms with Crippen molar-refractivity contribution < 1.29 is 4.74 Å². The minimum atomic E-state index is 0.0667. The van der Waals surface area contributed by atoms with Gasteiger partial charge in [-0.3, -0.25) is 9.89 Å². The third-order valence-electron chi connectivity index (χ3n) is 5.12. The molecule has 6 nitrogen and oxygen atoms in total. The topological polar surface area (TPSA) is 52.1 Å². The van der Waals surface area contributed by atoms with Gasteiger partial charge in [-0.2, -0.15) is 0 Å². The minimum Gasteiger partial charge on any atom is -0.379 e. The van der Waals surface area contributed by atoms with Crippen molar-refractivity contribution in [2.75, 3.05) is 66.1 Å². The minimum absolute atomic E-state index is 0.0667. The molecule has 0 aromatic heterocycles. The summed E-state index contributed by atoms with van der Waals surface area (Å²) in [6, 6.07) is 0. The highest BCUT2D eigenvalue weighted by molar-refractivity contribution is 5.79. The highest BCUT2D eigenvalue weighted by atomic mass is 16.5. The molecule has 0 aliphatic carbocycles. The lowest BCUT2D eigenvalue weighted by molar-refractivity contribution is -0.00684. The molecule has 2 fully saturated rings. The highest BCUT2D eigenvalue weighted by Crippen LogP contribution is 2.17. The monoisotopic (exact) mass is 339 g/mol. The zero-order valence-electron chi connectivity index (χ0n) is 16.1. The molecule has 0 aromatic carbocycles. The fourth-order valence-corrected chi connectivity index (χ4v) is 3.56. The van der Waals surface area contributed by atoms with E-state index in [1.165, 1.54) is 25.9 Å². The van der Waals surface area contributed by atoms with Crippen LogP contribution in [0.4, 0.5) is 0 Å². The van der Waals surface area contributed by atoms with Gasteiger partial charge in [-0.25, -0.2) is 0 Å². The van der Waals surface area contributed by atoms with E-state index in [0.29, 0.717) is 0 Å². The molecule has 0 amide bonds. The Morgan fingerprint density at radius 1 is 1.21 bits per heavy atom. The first kappa shape index (κ1) is 19.5. The Morgan fingerprint density at radius 3 is 2.62 bits per heavy atom. The van der Waals surface area contributed by atoms with Gasteiger partial charge in [-0.15, -0.1) is 0 Å². The molecular formula is C18H37N5O. The van der Waals surface area contributed by atoms with E-state index in [-0.39, 0.29) is 5.54 Å². The second-order valence-corrected chi connectivity index (χ2v) is 7.76. The predicted molar refractivity (Wildman–Crippen MR) is 101 cm³/mol. The maximum atomic E-state index is 5.47. The van der Waals surface area contributed by atoms with E-state index >= 15 is 0 Å². The van der Waals surface area contributed by atoms with Crippen LogP contribution in [0.15, 0.2) is 4.99 Å². The Labute approximate surface area is 148 Å². The Kier molecular flexibility index (Phi) is 7.78. The van der Waals surface area contributed by atoms with Gasteiger partial charge >= 0.3 is 0 Å². The molecule has 2 saturated heterocycles. The number of morpholine rings is 1. The first-order valence-corrected chi connectivity index (χ1v) is 9.55. The Bertz CT molecular complexity index is 393. The number of nitrogens with one attached hydrogen (secondary N) is 2. The highest BCUT2D eigenvalue weighted by Gasteiger charge is 2.28. The quantitative estimate of drug-likeness (QED) is 0.558. The van der Waals surface area contributed by atoms with Crippen molar-refractivity contribution in [1.29, 1.82) is 0 Å². The van der Waals surface area contributed by atoms with Gasteiger partial charge in [0.25, 0.3) is 0 Å². The van der Waals surface area contributed by atoms with Crippen LogP contribution >= 0.6 is 0 Å². The third-order valence-corrected chi connectivity index (χ3v) is 5.12. The van der Waals surface area contributed by atoms with Crippen molar-refractivity contribution in [3.63, 3.8) is 0 Å². The number of rotatable bonds is 6. The van der Waals surface area contributed by atoms with Crippen LogP contribution in [-0.2, 0) is 4.74 Å². The summed E-state index contributed by atoms with van der Waals surface area (Å²) in [4.78, 5) is 9.78. The molecule has 24 heavy (non-hydrogen) atoms. The van der Waals surface area contributed by atoms with Crippen LogP contribution in [0.1, 0.15) is 33.6 Å². The number of likely N-dealkylation sites (tertiary alicyclic amines) is 1. The first-order chi connectivity index (χ1) is 11.5. The van der Waals surface area contributed by atoms with Gasteiger partial charge in [0.2, 0.25) is 0 Å². The number of ether oxygens (including phenoxy) is 1. The van der Waals surface area contributed by atoms with Crippen molar-refractivity contribution in [1.82, 2.24) is 20.4 Å². The third kappa shape index (κ3) is 6.22. The van der Waals surface area contributed by atoms with Crippen molar-refractivity contribution in [3.05, 3.63) is 0 Å². The van der Waals surface area contributed by atoms with E-state index in [4.69, 9.17) is 9.73 Å². The van der Waals surface area contributed by atoms with Crippen LogP contribution in [0, 0.1) is 5.92 Å². The summed E-state index contributed by atoms with van der Waals surface area (Å²) in [5.74, 6) is 1.67. The molecule has 1 unspecified atom stereocenters. The normalized spacial score (nSPS) is 24.8. The van der Waals surface area contributed by atoms with Crippen molar-refractivity contribution in [3.8, 4) is 0 Å². The summed E-state index contributed by atoms with van der Waals surface area (Å²) >= 11 is 0. The number of piperidine rings is 1. The number of guanidine groups is 1. The second-order valence-electron chi connectivity index (χ2n) is 7.76. The van der Waals surface area contributed by atoms with Crippen LogP contribution < -0.4 is 10.6 Å². The maximum absolute atomic E-state index is 5.47. The van der Waals surface area contributed by atoms with E-state index in [1.54, 1.807) is 0 Å². The van der Waals surface area contributed by atoms with Crippen molar-refractivity contribution in [2.24, 2.45) is 10.9 Å². The van der Waals surface area contributed by atoms with Gasteiger partial charge in [-0.05, 0) is 53.1 Å². The molecule has 0 radical (unpaired) electrons. The molecule has 0 spiro atoms. The second kappa shape index (κ2) is 9.59. The number of aliphatic imine (C=N–C) groups is 1. The molecule has 2 aliphatic rings. The van der Waals surface area contributed by atoms with Gasteiger partial charge in [0.15, 0.2) is 5.96 Å². The first-order valence-electron chi connectivity index (χ1n) is 9.55. The van der Waals surface area contributed by atoms with Crippen LogP contribution in [0.25, 0.3) is 0 Å². The lowest BCUT2D eigenvalue weighted by Crippen LogP contribution is -2.52. The average Bonchev–Trinajstić information content (AvgIpc) is 2.58. The summed E-state index contributed by atoms with van der Waals surface area (Å²) in [5, 5.41) is 6.95. The Hall–Kier alpha value is -0.850. The molecule has 0 saturated carbocycles. The zero-order chi connectivity index (χ0) is 17.4. The molecule has 2 aliphatic heterocycles. The van der Waals surface area contributed by atoms with E-state index in [9.17, 15) is 0 Å². The standard InChI is InChI=1S/C18H37N5O/c1-5-19-17(20-13-16-7-6-8-22(4)14-16)21-15-18(2,3)23-9-11-24-12-10-23/h16H,5-15H2,1-4H3,(H2,19,20,21). The van der Waals surface area contributed by atoms with Gasteiger partial charge in [0.1, 0.15) is 0 Å². The summed E-state index contributed by atoms with van der Waals surface area (Å²) < 4.78 is 5.47. The average molecular weight is 340 g/mol. The molecule has 2 N–H and O–H groups in total. The van der Waals surface area contributed by atoms with Crippen LogP contribution in [0.5, 0.6) is 0 Å². The lowest BCUT2D eigenvalue weighted by Gasteiger charge is -2.40. The summed E-state index contributed by atoms with van der Waals surface area (Å²) in [5.41, 5.74) is 0.0667. The maximum Gasteiger partial charge on any atom is 0.191 e. The van der Waals surface area contributed by atoms with E-state index < -0.39 is 0 Å². The molecule has 0 aromatic rings. The summed E-state index contributed by atoms with van der Waals surface area (Å²) in [6.45, 7) is 15.5. The molecule has 140 valence electrons. The van der Waals surface area contributed by atoms with E-state index in [2.05, 4.69) is 48.3 Å². The predicted octanol–water partition coefficient (Wildman–Crippen LogP) is 0.994. The van der Waals surface area contributed by atoms with Crippen molar-refractivity contribution >= 4 is 5.96 Å². The summed E-state index contributed by atoms with van der Waals surface area (Å²) in [6.07, 6.45) is 2.62.